The number of aryl methyl sites for hydroxylation is 3. The van der Waals surface area contributed by atoms with Gasteiger partial charge in [0.15, 0.2) is 0 Å². The summed E-state index contributed by atoms with van der Waals surface area (Å²) < 4.78 is 28.3. The summed E-state index contributed by atoms with van der Waals surface area (Å²) in [5.74, 6) is -0.306. The smallest absolute Gasteiger partial charge is 0.261 e. The average molecular weight is 437 g/mol. The minimum absolute atomic E-state index is 0.0444. The van der Waals surface area contributed by atoms with Crippen LogP contribution in [0.4, 0.5) is 5.69 Å². The summed E-state index contributed by atoms with van der Waals surface area (Å²) in [5, 5.41) is 3.04. The van der Waals surface area contributed by atoms with Crippen molar-refractivity contribution in [2.75, 3.05) is 4.72 Å². The fraction of sp³-hybridized carbons (Fsp3) is 0.240. The molecule has 1 unspecified atom stereocenters. The summed E-state index contributed by atoms with van der Waals surface area (Å²) >= 11 is 0. The molecule has 0 radical (unpaired) electrons. The second-order valence-corrected chi connectivity index (χ2v) is 9.42. The number of amides is 1. The predicted octanol–water partition coefficient (Wildman–Crippen LogP) is 5.29. The summed E-state index contributed by atoms with van der Waals surface area (Å²) in [4.78, 5) is 13.0. The topological polar surface area (TPSA) is 75.3 Å². The minimum atomic E-state index is -3.82. The fourth-order valence-electron chi connectivity index (χ4n) is 3.55. The molecule has 162 valence electrons. The summed E-state index contributed by atoms with van der Waals surface area (Å²) in [6.45, 7) is 7.91. The number of carbonyl (C=O) groups is 1. The van der Waals surface area contributed by atoms with E-state index in [4.69, 9.17) is 0 Å². The van der Waals surface area contributed by atoms with Crippen LogP contribution < -0.4 is 10.0 Å². The molecule has 3 rings (SSSR count). The van der Waals surface area contributed by atoms with E-state index >= 15 is 0 Å². The molecule has 31 heavy (non-hydrogen) atoms. The third-order valence-corrected chi connectivity index (χ3v) is 6.67. The second kappa shape index (κ2) is 9.35. The van der Waals surface area contributed by atoms with Crippen LogP contribution in [0.5, 0.6) is 0 Å². The first-order valence-electron chi connectivity index (χ1n) is 10.3. The molecule has 1 amide bonds. The molecule has 5 nitrogen and oxygen atoms in total. The van der Waals surface area contributed by atoms with Crippen molar-refractivity contribution in [2.24, 2.45) is 0 Å². The minimum Gasteiger partial charge on any atom is -0.345 e. The van der Waals surface area contributed by atoms with Crippen LogP contribution in [0, 0.1) is 20.8 Å². The van der Waals surface area contributed by atoms with Crippen molar-refractivity contribution < 1.29 is 13.2 Å². The molecule has 0 saturated carbocycles. The van der Waals surface area contributed by atoms with Gasteiger partial charge in [0.2, 0.25) is 0 Å². The Balaban J connectivity index is 1.83. The zero-order valence-electron chi connectivity index (χ0n) is 18.3. The summed E-state index contributed by atoms with van der Waals surface area (Å²) in [6, 6.07) is 19.3. The number of hydrogen-bond donors (Lipinski definition) is 2. The average Bonchev–Trinajstić information content (AvgIpc) is 2.74. The van der Waals surface area contributed by atoms with Gasteiger partial charge in [0.1, 0.15) is 0 Å². The van der Waals surface area contributed by atoms with Crippen molar-refractivity contribution in [3.05, 3.63) is 94.5 Å². The van der Waals surface area contributed by atoms with Gasteiger partial charge in [-0.25, -0.2) is 8.42 Å². The number of sulfonamides is 1. The fourth-order valence-corrected chi connectivity index (χ4v) is 4.73. The van der Waals surface area contributed by atoms with Crippen molar-refractivity contribution in [1.29, 1.82) is 0 Å². The highest BCUT2D eigenvalue weighted by atomic mass is 32.2. The molecular weight excluding hydrogens is 408 g/mol. The molecule has 0 aliphatic carbocycles. The maximum atomic E-state index is 12.9. The van der Waals surface area contributed by atoms with Crippen molar-refractivity contribution in [1.82, 2.24) is 5.32 Å². The maximum Gasteiger partial charge on any atom is 0.261 e. The van der Waals surface area contributed by atoms with Crippen LogP contribution in [0.2, 0.25) is 0 Å². The van der Waals surface area contributed by atoms with Crippen LogP contribution in [-0.4, -0.2) is 14.3 Å². The normalized spacial score (nSPS) is 12.3. The van der Waals surface area contributed by atoms with Crippen LogP contribution in [0.3, 0.4) is 0 Å². The van der Waals surface area contributed by atoms with Crippen LogP contribution in [0.1, 0.15) is 52.0 Å². The van der Waals surface area contributed by atoms with Crippen molar-refractivity contribution in [3.8, 4) is 0 Å². The van der Waals surface area contributed by atoms with Gasteiger partial charge in [-0.05, 0) is 68.1 Å². The molecule has 2 N–H and O–H groups in total. The third-order valence-electron chi connectivity index (χ3n) is 5.31. The van der Waals surface area contributed by atoms with Gasteiger partial charge in [0, 0.05) is 5.56 Å². The maximum absolute atomic E-state index is 12.9. The molecule has 0 heterocycles. The number of nitrogens with one attached hydrogen (secondary N) is 2. The third kappa shape index (κ3) is 5.33. The lowest BCUT2D eigenvalue weighted by Crippen LogP contribution is -2.29. The Morgan fingerprint density at radius 3 is 2.32 bits per heavy atom. The molecule has 0 fully saturated rings. The molecule has 3 aromatic rings. The molecule has 0 saturated heterocycles. The van der Waals surface area contributed by atoms with Gasteiger partial charge in [0.05, 0.1) is 16.6 Å². The molecule has 1 atom stereocenters. The quantitative estimate of drug-likeness (QED) is 0.528. The van der Waals surface area contributed by atoms with E-state index in [0.717, 1.165) is 23.1 Å². The lowest BCUT2D eigenvalue weighted by atomic mass is 9.97. The highest BCUT2D eigenvalue weighted by Gasteiger charge is 2.20. The summed E-state index contributed by atoms with van der Waals surface area (Å²) in [7, 11) is -3.82. The standard InChI is InChI=1S/C25H28N2O3S/c1-5-23(22-14-13-17(2)15-19(22)4)26-25(28)20-10-8-11-21(16-20)31(29,30)27-24-12-7-6-9-18(24)3/h6-16,23,27H,5H2,1-4H3,(H,26,28). The van der Waals surface area contributed by atoms with E-state index in [9.17, 15) is 13.2 Å². The molecule has 0 aromatic heterocycles. The molecule has 6 heteroatoms. The van der Waals surface area contributed by atoms with E-state index in [1.165, 1.54) is 17.7 Å². The first kappa shape index (κ1) is 22.6. The van der Waals surface area contributed by atoms with E-state index in [0.29, 0.717) is 11.3 Å². The van der Waals surface area contributed by atoms with Gasteiger partial charge in [-0.1, -0.05) is 55.0 Å². The predicted molar refractivity (Wildman–Crippen MR) is 125 cm³/mol. The van der Waals surface area contributed by atoms with Crippen molar-refractivity contribution in [2.45, 2.75) is 45.1 Å². The number of anilines is 1. The Labute approximate surface area is 184 Å². The second-order valence-electron chi connectivity index (χ2n) is 7.74. The molecule has 3 aromatic carbocycles. The first-order chi connectivity index (χ1) is 14.7. The molecule has 0 spiro atoms. The van der Waals surface area contributed by atoms with Gasteiger partial charge in [-0.2, -0.15) is 0 Å². The van der Waals surface area contributed by atoms with Crippen LogP contribution in [-0.2, 0) is 10.0 Å². The zero-order chi connectivity index (χ0) is 22.6. The van der Waals surface area contributed by atoms with Crippen molar-refractivity contribution >= 4 is 21.6 Å². The number of para-hydroxylation sites is 1. The van der Waals surface area contributed by atoms with Crippen LogP contribution in [0.25, 0.3) is 0 Å². The Hall–Kier alpha value is -3.12. The molecule has 0 aliphatic heterocycles. The lowest BCUT2D eigenvalue weighted by molar-refractivity contribution is 0.0935. The number of benzene rings is 3. The lowest BCUT2D eigenvalue weighted by Gasteiger charge is -2.20. The SMILES string of the molecule is CCC(NC(=O)c1cccc(S(=O)(=O)Nc2ccccc2C)c1)c1ccc(C)cc1C. The number of carbonyl (C=O) groups excluding carboxylic acids is 1. The van der Waals surface area contributed by atoms with Gasteiger partial charge in [-0.3, -0.25) is 9.52 Å². The van der Waals surface area contributed by atoms with Crippen LogP contribution in [0.15, 0.2) is 71.6 Å². The first-order valence-corrected chi connectivity index (χ1v) is 11.8. The summed E-state index contributed by atoms with van der Waals surface area (Å²) in [6.07, 6.45) is 0.725. The molecule has 0 aliphatic rings. The molecule has 0 bridgehead atoms. The van der Waals surface area contributed by atoms with E-state index in [2.05, 4.69) is 16.1 Å². The Morgan fingerprint density at radius 2 is 1.65 bits per heavy atom. The van der Waals surface area contributed by atoms with Gasteiger partial charge in [0.25, 0.3) is 15.9 Å². The summed E-state index contributed by atoms with van der Waals surface area (Å²) in [5.41, 5.74) is 4.98. The highest BCUT2D eigenvalue weighted by Crippen LogP contribution is 2.23. The van der Waals surface area contributed by atoms with Gasteiger partial charge in [-0.15, -0.1) is 0 Å². The Kier molecular flexibility index (Phi) is 6.81. The van der Waals surface area contributed by atoms with Crippen LogP contribution >= 0.6 is 0 Å². The largest absolute Gasteiger partial charge is 0.345 e. The van der Waals surface area contributed by atoms with E-state index < -0.39 is 10.0 Å². The van der Waals surface area contributed by atoms with E-state index in [1.807, 2.05) is 52.0 Å². The Morgan fingerprint density at radius 1 is 0.903 bits per heavy atom. The van der Waals surface area contributed by atoms with Crippen molar-refractivity contribution in [3.63, 3.8) is 0 Å². The van der Waals surface area contributed by atoms with E-state index in [-0.39, 0.29) is 16.8 Å². The zero-order valence-corrected chi connectivity index (χ0v) is 19.1. The highest BCUT2D eigenvalue weighted by molar-refractivity contribution is 7.92. The molecular formula is C25H28N2O3S. The number of rotatable bonds is 7. The van der Waals surface area contributed by atoms with Gasteiger partial charge >= 0.3 is 0 Å². The Bertz CT molecular complexity index is 1200. The monoisotopic (exact) mass is 436 g/mol. The van der Waals surface area contributed by atoms with Gasteiger partial charge < -0.3 is 5.32 Å². The van der Waals surface area contributed by atoms with E-state index in [1.54, 1.807) is 24.3 Å². The number of hydrogen-bond acceptors (Lipinski definition) is 3.